The monoisotopic (exact) mass is 162 g/mol. The first-order chi connectivity index (χ1) is 5.95. The Morgan fingerprint density at radius 1 is 1.25 bits per heavy atom. The lowest BCUT2D eigenvalue weighted by Crippen LogP contribution is -2.00. The van der Waals surface area contributed by atoms with E-state index in [0.29, 0.717) is 6.54 Å². The van der Waals surface area contributed by atoms with Gasteiger partial charge in [-0.25, -0.2) is 4.68 Å². The van der Waals surface area contributed by atoms with Gasteiger partial charge in [0.15, 0.2) is 0 Å². The largest absolute Gasteiger partial charge is 0.228 e. The van der Waals surface area contributed by atoms with Crippen molar-refractivity contribution in [2.75, 3.05) is 0 Å². The second-order valence-electron chi connectivity index (χ2n) is 2.26. The molecular weight excluding hydrogens is 156 g/mol. The third kappa shape index (κ3) is 1.42. The van der Waals surface area contributed by atoms with E-state index in [4.69, 9.17) is 0 Å². The maximum Gasteiger partial charge on any atom is 0.138 e. The Bertz CT molecular complexity index is 328. The zero-order valence-corrected chi connectivity index (χ0v) is 6.20. The molecule has 60 valence electrons. The predicted octanol–water partition coefficient (Wildman–Crippen LogP) is -0.489. The Morgan fingerprint density at radius 2 is 2.25 bits per heavy atom. The van der Waals surface area contributed by atoms with E-state index in [0.717, 1.165) is 5.56 Å². The van der Waals surface area contributed by atoms with Crippen LogP contribution in [-0.4, -0.2) is 30.4 Å². The smallest absolute Gasteiger partial charge is 0.138 e. The fourth-order valence-corrected chi connectivity index (χ4v) is 0.851. The molecule has 6 heteroatoms. The molecule has 2 rings (SSSR count). The average Bonchev–Trinajstić information content (AvgIpc) is 2.59. The van der Waals surface area contributed by atoms with Crippen LogP contribution >= 0.6 is 0 Å². The molecule has 0 saturated heterocycles. The Kier molecular flexibility index (Phi) is 1.73. The minimum atomic E-state index is 0.628. The average molecular weight is 162 g/mol. The lowest BCUT2D eigenvalue weighted by Gasteiger charge is -1.96. The quantitative estimate of drug-likeness (QED) is 0.596. The number of nitrogens with zero attached hydrogens (tertiary/aromatic N) is 6. The van der Waals surface area contributed by atoms with Crippen LogP contribution in [0.15, 0.2) is 24.8 Å². The summed E-state index contributed by atoms with van der Waals surface area (Å²) in [5.41, 5.74) is 1.03. The molecule has 0 radical (unpaired) electrons. The molecule has 0 spiro atoms. The molecule has 0 N–H and O–H groups in total. The lowest BCUT2D eigenvalue weighted by molar-refractivity contribution is 0.645. The first kappa shape index (κ1) is 6.84. The highest BCUT2D eigenvalue weighted by atomic mass is 15.5. The number of tetrazole rings is 1. The van der Waals surface area contributed by atoms with Crippen molar-refractivity contribution >= 4 is 0 Å². The molecule has 0 atom stereocenters. The second kappa shape index (κ2) is 3.04. The second-order valence-corrected chi connectivity index (χ2v) is 2.26. The summed E-state index contributed by atoms with van der Waals surface area (Å²) in [6.45, 7) is 0.628. The van der Waals surface area contributed by atoms with Crippen molar-refractivity contribution in [2.45, 2.75) is 6.54 Å². The van der Waals surface area contributed by atoms with Gasteiger partial charge in [0.25, 0.3) is 0 Å². The van der Waals surface area contributed by atoms with Crippen molar-refractivity contribution in [1.82, 2.24) is 30.4 Å². The lowest BCUT2D eigenvalue weighted by atomic mass is 10.3. The molecule has 0 aromatic carbocycles. The van der Waals surface area contributed by atoms with E-state index in [1.54, 1.807) is 23.4 Å². The molecule has 2 heterocycles. The molecular formula is C6H6N6. The van der Waals surface area contributed by atoms with Crippen LogP contribution in [0.4, 0.5) is 0 Å². The maximum absolute atomic E-state index is 3.73. The van der Waals surface area contributed by atoms with Crippen molar-refractivity contribution in [2.24, 2.45) is 0 Å². The van der Waals surface area contributed by atoms with Gasteiger partial charge in [0.05, 0.1) is 12.7 Å². The standard InChI is InChI=1S/C6H6N6/c1-2-7-8-3-6(1)4-12-5-9-10-11-12/h1-3,5H,4H2. The number of hydrogen-bond donors (Lipinski definition) is 0. The summed E-state index contributed by atoms with van der Waals surface area (Å²) in [4.78, 5) is 0. The van der Waals surface area contributed by atoms with Crippen LogP contribution in [0.25, 0.3) is 0 Å². The highest BCUT2D eigenvalue weighted by Gasteiger charge is 1.94. The SMILES string of the molecule is c1cc(Cn2cnnn2)cnn1. The summed E-state index contributed by atoms with van der Waals surface area (Å²) in [5, 5.41) is 18.1. The number of rotatable bonds is 2. The van der Waals surface area contributed by atoms with Crippen molar-refractivity contribution in [1.29, 1.82) is 0 Å². The van der Waals surface area contributed by atoms with Gasteiger partial charge in [-0.2, -0.15) is 10.2 Å². The van der Waals surface area contributed by atoms with E-state index in [1.165, 1.54) is 0 Å². The van der Waals surface area contributed by atoms with Gasteiger partial charge in [-0.05, 0) is 22.1 Å². The Labute approximate surface area is 68.2 Å². The molecule has 0 amide bonds. The summed E-state index contributed by atoms with van der Waals surface area (Å²) in [6.07, 6.45) is 4.88. The van der Waals surface area contributed by atoms with Gasteiger partial charge in [0, 0.05) is 6.20 Å². The molecule has 2 aromatic heterocycles. The minimum Gasteiger partial charge on any atom is -0.228 e. The van der Waals surface area contributed by atoms with Crippen molar-refractivity contribution in [3.63, 3.8) is 0 Å². The maximum atomic E-state index is 3.73. The van der Waals surface area contributed by atoms with E-state index >= 15 is 0 Å². The van der Waals surface area contributed by atoms with Gasteiger partial charge in [-0.15, -0.1) is 5.10 Å². The third-order valence-corrected chi connectivity index (χ3v) is 1.38. The highest BCUT2D eigenvalue weighted by Crippen LogP contribution is 1.95. The van der Waals surface area contributed by atoms with Crippen LogP contribution in [0, 0.1) is 0 Å². The predicted molar refractivity (Wildman–Crippen MR) is 39.0 cm³/mol. The highest BCUT2D eigenvalue weighted by molar-refractivity contribution is 5.04. The first-order valence-corrected chi connectivity index (χ1v) is 3.41. The molecule has 0 aliphatic carbocycles. The van der Waals surface area contributed by atoms with Gasteiger partial charge in [-0.1, -0.05) is 0 Å². The fraction of sp³-hybridized carbons (Fsp3) is 0.167. The third-order valence-electron chi connectivity index (χ3n) is 1.38. The summed E-state index contributed by atoms with van der Waals surface area (Å²) in [6, 6.07) is 1.87. The van der Waals surface area contributed by atoms with Gasteiger partial charge < -0.3 is 0 Å². The van der Waals surface area contributed by atoms with Crippen LogP contribution in [0.5, 0.6) is 0 Å². The molecule has 6 nitrogen and oxygen atoms in total. The Balaban J connectivity index is 2.15. The van der Waals surface area contributed by atoms with Gasteiger partial charge in [0.2, 0.25) is 0 Å². The topological polar surface area (TPSA) is 69.4 Å². The number of aromatic nitrogens is 6. The first-order valence-electron chi connectivity index (χ1n) is 3.41. The minimum absolute atomic E-state index is 0.628. The summed E-state index contributed by atoms with van der Waals surface area (Å²) >= 11 is 0. The van der Waals surface area contributed by atoms with E-state index in [9.17, 15) is 0 Å². The normalized spacial score (nSPS) is 10.0. The van der Waals surface area contributed by atoms with Crippen LogP contribution in [0.2, 0.25) is 0 Å². The van der Waals surface area contributed by atoms with E-state index < -0.39 is 0 Å². The Morgan fingerprint density at radius 3 is 2.92 bits per heavy atom. The van der Waals surface area contributed by atoms with Gasteiger partial charge >= 0.3 is 0 Å². The molecule has 0 fully saturated rings. The summed E-state index contributed by atoms with van der Waals surface area (Å²) < 4.78 is 1.62. The van der Waals surface area contributed by atoms with Crippen molar-refractivity contribution in [3.8, 4) is 0 Å². The van der Waals surface area contributed by atoms with Gasteiger partial charge in [-0.3, -0.25) is 0 Å². The van der Waals surface area contributed by atoms with E-state index in [-0.39, 0.29) is 0 Å². The summed E-state index contributed by atoms with van der Waals surface area (Å²) in [5.74, 6) is 0. The van der Waals surface area contributed by atoms with Gasteiger partial charge in [0.1, 0.15) is 6.33 Å². The van der Waals surface area contributed by atoms with Crippen LogP contribution in [-0.2, 0) is 6.54 Å². The molecule has 2 aromatic rings. The molecule has 0 aliphatic rings. The van der Waals surface area contributed by atoms with E-state index in [2.05, 4.69) is 25.7 Å². The zero-order valence-electron chi connectivity index (χ0n) is 6.20. The fourth-order valence-electron chi connectivity index (χ4n) is 0.851. The summed E-state index contributed by atoms with van der Waals surface area (Å²) in [7, 11) is 0. The number of hydrogen-bond acceptors (Lipinski definition) is 5. The van der Waals surface area contributed by atoms with Crippen LogP contribution < -0.4 is 0 Å². The molecule has 0 bridgehead atoms. The molecule has 0 aliphatic heterocycles. The molecule has 0 saturated carbocycles. The van der Waals surface area contributed by atoms with Crippen molar-refractivity contribution < 1.29 is 0 Å². The van der Waals surface area contributed by atoms with Crippen LogP contribution in [0.3, 0.4) is 0 Å². The van der Waals surface area contributed by atoms with E-state index in [1.807, 2.05) is 6.07 Å². The molecule has 0 unspecified atom stereocenters. The van der Waals surface area contributed by atoms with Crippen LogP contribution in [0.1, 0.15) is 5.56 Å². The zero-order chi connectivity index (χ0) is 8.23. The van der Waals surface area contributed by atoms with Crippen molar-refractivity contribution in [3.05, 3.63) is 30.4 Å². The molecule has 12 heavy (non-hydrogen) atoms. The Hall–Kier alpha value is -1.85.